The van der Waals surface area contributed by atoms with Crippen LogP contribution >= 0.6 is 11.6 Å². The summed E-state index contributed by atoms with van der Waals surface area (Å²) < 4.78 is 0. The van der Waals surface area contributed by atoms with E-state index in [1.807, 2.05) is 6.07 Å². The van der Waals surface area contributed by atoms with E-state index in [9.17, 15) is 0 Å². The molecule has 1 heterocycles. The molecule has 4 aromatic carbocycles. The quantitative estimate of drug-likeness (QED) is 0.343. The van der Waals surface area contributed by atoms with Gasteiger partial charge in [0.2, 0.25) is 0 Å². The third-order valence-electron chi connectivity index (χ3n) is 5.91. The third kappa shape index (κ3) is 3.00. The molecule has 1 aliphatic rings. The smallest absolute Gasteiger partial charge is 0.114 e. The molecule has 29 heavy (non-hydrogen) atoms. The van der Waals surface area contributed by atoms with Gasteiger partial charge in [-0.05, 0) is 70.0 Å². The summed E-state index contributed by atoms with van der Waals surface area (Å²) in [6.45, 7) is 4.85. The summed E-state index contributed by atoms with van der Waals surface area (Å²) in [4.78, 5) is 2.33. The maximum absolute atomic E-state index is 6.35. The number of benzene rings is 4. The first-order valence-electron chi connectivity index (χ1n) is 9.91. The molecule has 4 aromatic rings. The molecule has 0 radical (unpaired) electrons. The van der Waals surface area contributed by atoms with Gasteiger partial charge in [-0.15, -0.1) is 0 Å². The molecule has 0 saturated heterocycles. The first-order valence-corrected chi connectivity index (χ1v) is 13.3. The number of hydrogen-bond donors (Lipinski definition) is 0. The average molecular weight is 412 g/mol. The molecule has 1 nitrogen and oxygen atoms in total. The van der Waals surface area contributed by atoms with Gasteiger partial charge in [-0.2, -0.15) is 0 Å². The molecule has 1 aliphatic heterocycles. The van der Waals surface area contributed by atoms with Crippen LogP contribution in [0.2, 0.25) is 18.1 Å². The SMILES string of the molecule is C[Si]1(C)c2cc(Cl)ccc2-c2ccc(N(c3ccccc3)c3ccccc3)cc21. The van der Waals surface area contributed by atoms with Crippen LogP contribution in [-0.2, 0) is 0 Å². The Bertz CT molecular complexity index is 1150. The standard InChI is InChI=1S/C26H22ClNSi/c1-29(2)25-17-19(27)13-15-23(25)24-16-14-22(18-26(24)29)28(20-9-5-3-6-10-20)21-11-7-4-8-12-21/h3-18H,1-2H3. The van der Waals surface area contributed by atoms with E-state index in [0.29, 0.717) is 0 Å². The van der Waals surface area contributed by atoms with Gasteiger partial charge >= 0.3 is 0 Å². The Kier molecular flexibility index (Phi) is 4.34. The van der Waals surface area contributed by atoms with Gasteiger partial charge in [0.15, 0.2) is 0 Å². The fourth-order valence-electron chi connectivity index (χ4n) is 4.44. The van der Waals surface area contributed by atoms with Gasteiger partial charge in [0.25, 0.3) is 0 Å². The zero-order chi connectivity index (χ0) is 20.0. The van der Waals surface area contributed by atoms with Gasteiger partial charge < -0.3 is 4.90 Å². The maximum atomic E-state index is 6.35. The largest absolute Gasteiger partial charge is 0.311 e. The van der Waals surface area contributed by atoms with Crippen LogP contribution in [-0.4, -0.2) is 8.07 Å². The Morgan fingerprint density at radius 2 is 1.10 bits per heavy atom. The van der Waals surface area contributed by atoms with E-state index in [2.05, 4.69) is 109 Å². The van der Waals surface area contributed by atoms with E-state index in [-0.39, 0.29) is 0 Å². The lowest BCUT2D eigenvalue weighted by Gasteiger charge is -2.27. The summed E-state index contributed by atoms with van der Waals surface area (Å²) in [5.74, 6) is 0. The second kappa shape index (κ2) is 6.91. The minimum atomic E-state index is -1.80. The first kappa shape index (κ1) is 18.2. The predicted molar refractivity (Wildman–Crippen MR) is 128 cm³/mol. The van der Waals surface area contributed by atoms with Crippen LogP contribution in [0.4, 0.5) is 17.1 Å². The molecule has 0 unspecified atom stereocenters. The van der Waals surface area contributed by atoms with E-state index in [1.54, 1.807) is 0 Å². The lowest BCUT2D eigenvalue weighted by Crippen LogP contribution is -2.49. The second-order valence-electron chi connectivity index (χ2n) is 8.05. The molecule has 0 aromatic heterocycles. The molecule has 0 fully saturated rings. The van der Waals surface area contributed by atoms with Crippen LogP contribution in [0.1, 0.15) is 0 Å². The Morgan fingerprint density at radius 1 is 0.586 bits per heavy atom. The lowest BCUT2D eigenvalue weighted by molar-refractivity contribution is 1.29. The topological polar surface area (TPSA) is 3.24 Å². The van der Waals surface area contributed by atoms with Crippen LogP contribution < -0.4 is 15.3 Å². The molecule has 3 heteroatoms. The van der Waals surface area contributed by atoms with Gasteiger partial charge in [0.1, 0.15) is 8.07 Å². The first-order chi connectivity index (χ1) is 14.1. The summed E-state index contributed by atoms with van der Waals surface area (Å²) in [6, 6.07) is 34.4. The zero-order valence-corrected chi connectivity index (χ0v) is 18.3. The van der Waals surface area contributed by atoms with Crippen molar-refractivity contribution in [2.24, 2.45) is 0 Å². The van der Waals surface area contributed by atoms with Crippen molar-refractivity contribution in [3.63, 3.8) is 0 Å². The number of rotatable bonds is 3. The number of para-hydroxylation sites is 2. The molecule has 0 spiro atoms. The maximum Gasteiger partial charge on any atom is 0.114 e. The summed E-state index contributed by atoms with van der Waals surface area (Å²) >= 11 is 6.35. The number of halogens is 1. The van der Waals surface area contributed by atoms with Crippen molar-refractivity contribution in [1.82, 2.24) is 0 Å². The monoisotopic (exact) mass is 411 g/mol. The van der Waals surface area contributed by atoms with Gasteiger partial charge in [0, 0.05) is 22.1 Å². The van der Waals surface area contributed by atoms with Crippen molar-refractivity contribution >= 4 is 47.1 Å². The van der Waals surface area contributed by atoms with Crippen molar-refractivity contribution in [3.8, 4) is 11.1 Å². The summed E-state index contributed by atoms with van der Waals surface area (Å²) in [5.41, 5.74) is 6.23. The van der Waals surface area contributed by atoms with E-state index in [1.165, 1.54) is 27.2 Å². The van der Waals surface area contributed by atoms with Crippen LogP contribution in [0.15, 0.2) is 97.1 Å². The number of hydrogen-bond acceptors (Lipinski definition) is 1. The minimum absolute atomic E-state index is 0.826. The molecule has 0 atom stereocenters. The van der Waals surface area contributed by atoms with Gasteiger partial charge in [-0.25, -0.2) is 0 Å². The van der Waals surface area contributed by atoms with Crippen molar-refractivity contribution in [2.45, 2.75) is 13.1 Å². The molecular formula is C26H22ClNSi. The number of anilines is 3. The molecule has 142 valence electrons. The minimum Gasteiger partial charge on any atom is -0.311 e. The molecule has 0 amide bonds. The number of nitrogens with zero attached hydrogens (tertiary/aromatic N) is 1. The Morgan fingerprint density at radius 3 is 1.69 bits per heavy atom. The summed E-state index contributed by atoms with van der Waals surface area (Å²) in [7, 11) is -1.80. The van der Waals surface area contributed by atoms with Gasteiger partial charge in [-0.1, -0.05) is 73.2 Å². The third-order valence-corrected chi connectivity index (χ3v) is 9.66. The lowest BCUT2D eigenvalue weighted by atomic mass is 10.0. The Hall–Kier alpha value is -2.81. The molecular weight excluding hydrogens is 390 g/mol. The van der Waals surface area contributed by atoms with Crippen molar-refractivity contribution in [3.05, 3.63) is 102 Å². The highest BCUT2D eigenvalue weighted by Gasteiger charge is 2.38. The van der Waals surface area contributed by atoms with E-state index in [0.717, 1.165) is 16.4 Å². The molecule has 0 bridgehead atoms. The van der Waals surface area contributed by atoms with E-state index >= 15 is 0 Å². The zero-order valence-electron chi connectivity index (χ0n) is 16.6. The highest BCUT2D eigenvalue weighted by atomic mass is 35.5. The highest BCUT2D eigenvalue weighted by Crippen LogP contribution is 2.37. The molecule has 0 saturated carbocycles. The van der Waals surface area contributed by atoms with Crippen LogP contribution in [0.3, 0.4) is 0 Å². The summed E-state index contributed by atoms with van der Waals surface area (Å²) in [5, 5.41) is 3.74. The molecule has 0 N–H and O–H groups in total. The van der Waals surface area contributed by atoms with Gasteiger partial charge in [0.05, 0.1) is 0 Å². The average Bonchev–Trinajstić information content (AvgIpc) is 2.96. The van der Waals surface area contributed by atoms with Crippen molar-refractivity contribution in [2.75, 3.05) is 4.90 Å². The predicted octanol–water partition coefficient (Wildman–Crippen LogP) is 6.61. The molecule has 5 rings (SSSR count). The van der Waals surface area contributed by atoms with E-state index < -0.39 is 8.07 Å². The fraction of sp³-hybridized carbons (Fsp3) is 0.0769. The Balaban J connectivity index is 1.69. The fourth-order valence-corrected chi connectivity index (χ4v) is 7.80. The summed E-state index contributed by atoms with van der Waals surface area (Å²) in [6.07, 6.45) is 0. The van der Waals surface area contributed by atoms with Crippen LogP contribution in [0, 0.1) is 0 Å². The van der Waals surface area contributed by atoms with E-state index in [4.69, 9.17) is 11.6 Å². The number of fused-ring (bicyclic) bond motifs is 3. The molecule has 0 aliphatic carbocycles. The van der Waals surface area contributed by atoms with Crippen LogP contribution in [0.5, 0.6) is 0 Å². The van der Waals surface area contributed by atoms with Crippen molar-refractivity contribution in [1.29, 1.82) is 0 Å². The normalized spacial score (nSPS) is 13.6. The van der Waals surface area contributed by atoms with Crippen LogP contribution in [0.25, 0.3) is 11.1 Å². The highest BCUT2D eigenvalue weighted by molar-refractivity contribution is 7.04. The van der Waals surface area contributed by atoms with Gasteiger partial charge in [-0.3, -0.25) is 0 Å². The Labute approximate surface area is 178 Å². The van der Waals surface area contributed by atoms with Crippen molar-refractivity contribution < 1.29 is 0 Å². The second-order valence-corrected chi connectivity index (χ2v) is 12.8.